The van der Waals surface area contributed by atoms with Crippen molar-refractivity contribution in [3.8, 4) is 22.3 Å². The maximum absolute atomic E-state index is 6.28. The highest BCUT2D eigenvalue weighted by Gasteiger charge is 2.18. The molecule has 0 aliphatic rings. The van der Waals surface area contributed by atoms with Crippen LogP contribution in [0, 0.1) is 0 Å². The van der Waals surface area contributed by atoms with Gasteiger partial charge in [0.05, 0.1) is 0 Å². The fourth-order valence-electron chi connectivity index (χ4n) is 6.05. The molecule has 0 bridgehead atoms. The van der Waals surface area contributed by atoms with E-state index in [1.165, 1.54) is 54.6 Å². The van der Waals surface area contributed by atoms with Crippen LogP contribution in [0.3, 0.4) is 0 Å². The van der Waals surface area contributed by atoms with Gasteiger partial charge in [-0.2, -0.15) is 0 Å². The minimum atomic E-state index is 0.921. The summed E-state index contributed by atoms with van der Waals surface area (Å²) in [7, 11) is 0. The van der Waals surface area contributed by atoms with Gasteiger partial charge in [-0.05, 0) is 72.8 Å². The van der Waals surface area contributed by atoms with Gasteiger partial charge in [-0.1, -0.05) is 115 Å². The number of hydrogen-bond donors (Lipinski definition) is 0. The molecule has 172 valence electrons. The average Bonchev–Trinajstić information content (AvgIpc) is 3.33. The van der Waals surface area contributed by atoms with E-state index in [2.05, 4.69) is 121 Å². The zero-order valence-corrected chi connectivity index (χ0v) is 20.1. The fourth-order valence-corrected chi connectivity index (χ4v) is 6.05. The van der Waals surface area contributed by atoms with Crippen LogP contribution in [0.4, 0.5) is 0 Å². The summed E-state index contributed by atoms with van der Waals surface area (Å²) in [6.07, 6.45) is 0. The Morgan fingerprint density at radius 3 is 1.62 bits per heavy atom. The van der Waals surface area contributed by atoms with Crippen LogP contribution in [0.2, 0.25) is 0 Å². The summed E-state index contributed by atoms with van der Waals surface area (Å²) in [6.45, 7) is 0. The molecule has 37 heavy (non-hydrogen) atoms. The predicted octanol–water partition coefficient (Wildman–Crippen LogP) is 10.4. The van der Waals surface area contributed by atoms with Gasteiger partial charge in [0.15, 0.2) is 0 Å². The Labute approximate surface area is 214 Å². The van der Waals surface area contributed by atoms with Gasteiger partial charge >= 0.3 is 0 Å². The van der Waals surface area contributed by atoms with Gasteiger partial charge in [0.1, 0.15) is 11.2 Å². The van der Waals surface area contributed by atoms with Gasteiger partial charge in [0.25, 0.3) is 0 Å². The molecule has 0 saturated heterocycles. The summed E-state index contributed by atoms with van der Waals surface area (Å²) in [4.78, 5) is 0. The van der Waals surface area contributed by atoms with Gasteiger partial charge in [0, 0.05) is 10.8 Å². The Kier molecular flexibility index (Phi) is 4.29. The van der Waals surface area contributed by atoms with E-state index >= 15 is 0 Å². The second-order valence-corrected chi connectivity index (χ2v) is 9.68. The van der Waals surface area contributed by atoms with Crippen LogP contribution < -0.4 is 0 Å². The molecule has 0 N–H and O–H groups in total. The molecule has 8 rings (SSSR count). The molecule has 1 nitrogen and oxygen atoms in total. The maximum Gasteiger partial charge on any atom is 0.136 e. The molecular formula is C36H22O. The molecule has 1 heteroatoms. The van der Waals surface area contributed by atoms with Crippen molar-refractivity contribution in [3.05, 3.63) is 133 Å². The van der Waals surface area contributed by atoms with Crippen LogP contribution in [0.5, 0.6) is 0 Å². The zero-order valence-electron chi connectivity index (χ0n) is 20.1. The van der Waals surface area contributed by atoms with E-state index in [9.17, 15) is 0 Å². The van der Waals surface area contributed by atoms with Gasteiger partial charge < -0.3 is 4.42 Å². The van der Waals surface area contributed by atoms with Crippen LogP contribution in [-0.2, 0) is 0 Å². The van der Waals surface area contributed by atoms with Crippen molar-refractivity contribution in [1.29, 1.82) is 0 Å². The lowest BCUT2D eigenvalue weighted by Gasteiger charge is -2.18. The Hall–Kier alpha value is -4.88. The molecule has 1 aromatic heterocycles. The molecule has 7 aromatic carbocycles. The molecule has 0 unspecified atom stereocenters. The van der Waals surface area contributed by atoms with Crippen LogP contribution in [-0.4, -0.2) is 0 Å². The molecule has 0 atom stereocenters. The largest absolute Gasteiger partial charge is 0.456 e. The van der Waals surface area contributed by atoms with Crippen molar-refractivity contribution in [2.24, 2.45) is 0 Å². The lowest BCUT2D eigenvalue weighted by atomic mass is 9.84. The Bertz CT molecular complexity index is 2080. The molecule has 8 aromatic rings. The summed E-state index contributed by atoms with van der Waals surface area (Å²) in [5.41, 5.74) is 6.82. The topological polar surface area (TPSA) is 13.1 Å². The van der Waals surface area contributed by atoms with Crippen LogP contribution in [0.15, 0.2) is 138 Å². The molecule has 0 radical (unpaired) electrons. The first kappa shape index (κ1) is 20.3. The molecular weight excluding hydrogens is 448 g/mol. The summed E-state index contributed by atoms with van der Waals surface area (Å²) >= 11 is 0. The monoisotopic (exact) mass is 470 g/mol. The first-order valence-corrected chi connectivity index (χ1v) is 12.7. The third kappa shape index (κ3) is 2.98. The average molecular weight is 471 g/mol. The second kappa shape index (κ2) is 7.81. The highest BCUT2D eigenvalue weighted by molar-refractivity contribution is 6.24. The number of benzene rings is 7. The molecule has 0 aliphatic carbocycles. The summed E-state index contributed by atoms with van der Waals surface area (Å²) in [5, 5.41) is 9.86. The van der Waals surface area contributed by atoms with Gasteiger partial charge in [0.2, 0.25) is 0 Å². The van der Waals surface area contributed by atoms with E-state index in [0.717, 1.165) is 21.9 Å². The third-order valence-corrected chi connectivity index (χ3v) is 7.66. The van der Waals surface area contributed by atoms with E-state index in [-0.39, 0.29) is 0 Å². The van der Waals surface area contributed by atoms with Gasteiger partial charge in [-0.3, -0.25) is 0 Å². The Morgan fingerprint density at radius 2 is 0.892 bits per heavy atom. The summed E-state index contributed by atoms with van der Waals surface area (Å²) in [5.74, 6) is 0. The fraction of sp³-hybridized carbons (Fsp3) is 0. The zero-order chi connectivity index (χ0) is 24.3. The first-order chi connectivity index (χ1) is 18.4. The SMILES string of the molecule is c1ccc2c(-c3c4ccccc4c(-c4ccc5c(c4)oc4ccccc45)c4ccccc34)cccc2c1. The smallest absolute Gasteiger partial charge is 0.136 e. The van der Waals surface area contributed by atoms with E-state index in [1.807, 2.05) is 12.1 Å². The third-order valence-electron chi connectivity index (χ3n) is 7.66. The number of fused-ring (bicyclic) bond motifs is 6. The Morgan fingerprint density at radius 1 is 0.351 bits per heavy atom. The van der Waals surface area contributed by atoms with Gasteiger partial charge in [-0.15, -0.1) is 0 Å². The Balaban J connectivity index is 1.51. The van der Waals surface area contributed by atoms with Crippen LogP contribution in [0.1, 0.15) is 0 Å². The minimum Gasteiger partial charge on any atom is -0.456 e. The molecule has 1 heterocycles. The first-order valence-electron chi connectivity index (χ1n) is 12.7. The lowest BCUT2D eigenvalue weighted by Crippen LogP contribution is -1.91. The number of para-hydroxylation sites is 1. The molecule has 0 spiro atoms. The highest BCUT2D eigenvalue weighted by atomic mass is 16.3. The van der Waals surface area contributed by atoms with Crippen molar-refractivity contribution in [3.63, 3.8) is 0 Å². The van der Waals surface area contributed by atoms with Crippen molar-refractivity contribution >= 4 is 54.3 Å². The van der Waals surface area contributed by atoms with Crippen molar-refractivity contribution in [2.75, 3.05) is 0 Å². The molecule has 0 amide bonds. The normalized spacial score (nSPS) is 11.8. The standard InChI is InChI=1S/C36H22O/c1-2-12-25-23(10-1)11-9-18-28(25)36-31-16-5-3-14-29(31)35(30-15-4-6-17-32(30)36)24-20-21-27-26-13-7-8-19-33(26)37-34(27)22-24/h1-22H. The van der Waals surface area contributed by atoms with Crippen molar-refractivity contribution in [2.45, 2.75) is 0 Å². The lowest BCUT2D eigenvalue weighted by molar-refractivity contribution is 0.669. The second-order valence-electron chi connectivity index (χ2n) is 9.68. The van der Waals surface area contributed by atoms with E-state index in [1.54, 1.807) is 0 Å². The predicted molar refractivity (Wildman–Crippen MR) is 157 cm³/mol. The minimum absolute atomic E-state index is 0.921. The van der Waals surface area contributed by atoms with Crippen LogP contribution in [0.25, 0.3) is 76.5 Å². The van der Waals surface area contributed by atoms with E-state index < -0.39 is 0 Å². The van der Waals surface area contributed by atoms with Crippen molar-refractivity contribution in [1.82, 2.24) is 0 Å². The van der Waals surface area contributed by atoms with E-state index in [0.29, 0.717) is 0 Å². The number of hydrogen-bond acceptors (Lipinski definition) is 1. The highest BCUT2D eigenvalue weighted by Crippen LogP contribution is 2.45. The van der Waals surface area contributed by atoms with Crippen LogP contribution >= 0.6 is 0 Å². The molecule has 0 fully saturated rings. The summed E-state index contributed by atoms with van der Waals surface area (Å²) < 4.78 is 6.28. The number of rotatable bonds is 2. The van der Waals surface area contributed by atoms with Crippen molar-refractivity contribution < 1.29 is 4.42 Å². The summed E-state index contributed by atoms with van der Waals surface area (Å²) in [6, 6.07) is 47.9. The van der Waals surface area contributed by atoms with E-state index in [4.69, 9.17) is 4.42 Å². The number of furan rings is 1. The molecule has 0 aliphatic heterocycles. The maximum atomic E-state index is 6.28. The quantitative estimate of drug-likeness (QED) is 0.229. The van der Waals surface area contributed by atoms with Gasteiger partial charge in [-0.25, -0.2) is 0 Å². The molecule has 0 saturated carbocycles.